The maximum absolute atomic E-state index is 12.7. The average molecular weight is 823 g/mol. The van der Waals surface area contributed by atoms with E-state index in [0.717, 1.165) is 83.5 Å². The number of esters is 3. The van der Waals surface area contributed by atoms with Gasteiger partial charge in [-0.2, -0.15) is 0 Å². The smallest absolute Gasteiger partial charge is 0.306 e. The minimum atomic E-state index is -0.794. The molecule has 0 aliphatic rings. The van der Waals surface area contributed by atoms with Crippen LogP contribution in [-0.2, 0) is 28.6 Å². The topological polar surface area (TPSA) is 78.9 Å². The second kappa shape index (κ2) is 47.5. The molecule has 0 aliphatic carbocycles. The fourth-order valence-electron chi connectivity index (χ4n) is 6.59. The number of rotatable bonds is 43. The summed E-state index contributed by atoms with van der Waals surface area (Å²) >= 11 is 0. The van der Waals surface area contributed by atoms with Gasteiger partial charge in [-0.05, 0) is 89.9 Å². The minimum absolute atomic E-state index is 0.0933. The van der Waals surface area contributed by atoms with Gasteiger partial charge in [-0.15, -0.1) is 0 Å². The lowest BCUT2D eigenvalue weighted by molar-refractivity contribution is -0.167. The van der Waals surface area contributed by atoms with Gasteiger partial charge in [0.1, 0.15) is 13.2 Å². The number of allylic oxidation sites excluding steroid dienone is 12. The largest absolute Gasteiger partial charge is 0.462 e. The molecule has 0 amide bonds. The Morgan fingerprint density at radius 1 is 0.373 bits per heavy atom. The van der Waals surface area contributed by atoms with Crippen LogP contribution in [-0.4, -0.2) is 37.2 Å². The molecule has 1 atom stereocenters. The molecular weight excluding hydrogens is 733 g/mol. The van der Waals surface area contributed by atoms with E-state index < -0.39 is 6.10 Å². The normalized spacial score (nSPS) is 12.7. The first kappa shape index (κ1) is 55.9. The highest BCUT2D eigenvalue weighted by Gasteiger charge is 2.19. The maximum atomic E-state index is 12.7. The first-order valence-corrected chi connectivity index (χ1v) is 24.5. The summed E-state index contributed by atoms with van der Waals surface area (Å²) in [5.74, 6) is -0.950. The fraction of sp³-hybridized carbons (Fsp3) is 0.717. The van der Waals surface area contributed by atoms with Gasteiger partial charge in [0.15, 0.2) is 6.10 Å². The van der Waals surface area contributed by atoms with Gasteiger partial charge in [0.2, 0.25) is 0 Å². The van der Waals surface area contributed by atoms with Gasteiger partial charge < -0.3 is 14.2 Å². The Hall–Kier alpha value is -3.15. The Morgan fingerprint density at radius 2 is 0.746 bits per heavy atom. The van der Waals surface area contributed by atoms with Crippen LogP contribution in [0.5, 0.6) is 0 Å². The van der Waals surface area contributed by atoms with Crippen molar-refractivity contribution in [2.24, 2.45) is 0 Å². The number of unbranched alkanes of at least 4 members (excludes halogenated alkanes) is 22. The van der Waals surface area contributed by atoms with E-state index in [-0.39, 0.29) is 31.1 Å². The van der Waals surface area contributed by atoms with E-state index in [1.807, 2.05) is 0 Å². The highest BCUT2D eigenvalue weighted by molar-refractivity contribution is 5.71. The quantitative estimate of drug-likeness (QED) is 0.0200. The van der Waals surface area contributed by atoms with Crippen LogP contribution >= 0.6 is 0 Å². The number of ether oxygens (including phenoxy) is 3. The molecule has 0 rings (SSSR count). The van der Waals surface area contributed by atoms with Crippen molar-refractivity contribution in [1.82, 2.24) is 0 Å². The molecule has 0 aromatic carbocycles. The molecule has 0 saturated heterocycles. The molecule has 0 heterocycles. The van der Waals surface area contributed by atoms with Crippen LogP contribution in [0.3, 0.4) is 0 Å². The van der Waals surface area contributed by atoms with Crippen LogP contribution in [0.15, 0.2) is 72.9 Å². The highest BCUT2D eigenvalue weighted by Crippen LogP contribution is 2.14. The molecule has 0 spiro atoms. The minimum Gasteiger partial charge on any atom is -0.462 e. The van der Waals surface area contributed by atoms with E-state index in [0.29, 0.717) is 19.3 Å². The van der Waals surface area contributed by atoms with Crippen molar-refractivity contribution in [2.45, 2.75) is 232 Å². The van der Waals surface area contributed by atoms with Crippen molar-refractivity contribution in [3.8, 4) is 0 Å². The zero-order valence-corrected chi connectivity index (χ0v) is 38.5. The predicted octanol–water partition coefficient (Wildman–Crippen LogP) is 15.9. The highest BCUT2D eigenvalue weighted by atomic mass is 16.6. The first-order chi connectivity index (χ1) is 29.0. The monoisotopic (exact) mass is 823 g/mol. The van der Waals surface area contributed by atoms with Gasteiger partial charge in [0.05, 0.1) is 0 Å². The molecule has 0 aromatic heterocycles. The van der Waals surface area contributed by atoms with Gasteiger partial charge in [-0.25, -0.2) is 0 Å². The molecule has 0 N–H and O–H groups in total. The van der Waals surface area contributed by atoms with Crippen molar-refractivity contribution < 1.29 is 28.6 Å². The van der Waals surface area contributed by atoms with Crippen LogP contribution in [0.2, 0.25) is 0 Å². The van der Waals surface area contributed by atoms with E-state index in [9.17, 15) is 14.4 Å². The standard InChI is InChI=1S/C53H90O6/c1-4-7-10-13-16-19-21-23-25-26-28-29-31-34-37-40-43-46-52(55)58-49-50(48-57-51(54)45-42-39-36-33-18-15-12-9-6-3)59-53(56)47-44-41-38-35-32-30-27-24-22-20-17-14-11-8-5-2/h8-9,11-12,14,17-18,20,22-23,25,33,50H,4-7,10,13,15-16,19,21,24,26-32,34-49H2,1-3H3/b11-8-,12-9-,17-14-,22-20-,25-23-,33-18-. The Bertz CT molecular complexity index is 1130. The van der Waals surface area contributed by atoms with Crippen LogP contribution < -0.4 is 0 Å². The van der Waals surface area contributed by atoms with Crippen molar-refractivity contribution in [3.63, 3.8) is 0 Å². The zero-order valence-electron chi connectivity index (χ0n) is 38.5. The number of carbonyl (C=O) groups is 3. The van der Waals surface area contributed by atoms with Crippen LogP contribution in [0.4, 0.5) is 0 Å². The first-order valence-electron chi connectivity index (χ1n) is 24.5. The number of carbonyl (C=O) groups excluding carboxylic acids is 3. The van der Waals surface area contributed by atoms with Gasteiger partial charge in [-0.3, -0.25) is 14.4 Å². The van der Waals surface area contributed by atoms with Crippen molar-refractivity contribution in [3.05, 3.63) is 72.9 Å². The van der Waals surface area contributed by atoms with E-state index in [2.05, 4.69) is 93.7 Å². The molecule has 0 bridgehead atoms. The Kier molecular flexibility index (Phi) is 45.0. The third-order valence-corrected chi connectivity index (χ3v) is 10.2. The van der Waals surface area contributed by atoms with Gasteiger partial charge in [0, 0.05) is 19.3 Å². The van der Waals surface area contributed by atoms with E-state index in [1.165, 1.54) is 103 Å². The summed E-state index contributed by atoms with van der Waals surface area (Å²) in [6, 6.07) is 0. The molecule has 338 valence electrons. The van der Waals surface area contributed by atoms with Crippen LogP contribution in [0, 0.1) is 0 Å². The van der Waals surface area contributed by atoms with E-state index in [4.69, 9.17) is 14.2 Å². The van der Waals surface area contributed by atoms with Crippen molar-refractivity contribution >= 4 is 17.9 Å². The molecule has 0 aliphatic heterocycles. The third-order valence-electron chi connectivity index (χ3n) is 10.2. The molecule has 0 saturated carbocycles. The SMILES string of the molecule is CC\C=C/C=C\C=C/CCCCCCCCCC(=O)OC(COC(=O)CCCC/C=C\C/C=C\CC)COC(=O)CCCCCCCCC/C=C\CCCCCCCC. The van der Waals surface area contributed by atoms with Gasteiger partial charge in [0.25, 0.3) is 0 Å². The summed E-state index contributed by atoms with van der Waals surface area (Å²) in [4.78, 5) is 37.8. The summed E-state index contributed by atoms with van der Waals surface area (Å²) < 4.78 is 16.7. The van der Waals surface area contributed by atoms with Crippen LogP contribution in [0.1, 0.15) is 226 Å². The Labute approximate surface area is 363 Å². The predicted molar refractivity (Wildman–Crippen MR) is 251 cm³/mol. The molecular formula is C53H90O6. The summed E-state index contributed by atoms with van der Waals surface area (Å²) in [6.07, 6.45) is 59.0. The molecule has 6 nitrogen and oxygen atoms in total. The fourth-order valence-corrected chi connectivity index (χ4v) is 6.59. The van der Waals surface area contributed by atoms with Gasteiger partial charge in [-0.1, -0.05) is 190 Å². The lowest BCUT2D eigenvalue weighted by Gasteiger charge is -2.18. The lowest BCUT2D eigenvalue weighted by atomic mass is 10.1. The summed E-state index contributed by atoms with van der Waals surface area (Å²) in [6.45, 7) is 6.33. The zero-order chi connectivity index (χ0) is 43.0. The van der Waals surface area contributed by atoms with Gasteiger partial charge >= 0.3 is 17.9 Å². The molecule has 59 heavy (non-hydrogen) atoms. The summed E-state index contributed by atoms with van der Waals surface area (Å²) in [5.41, 5.74) is 0. The van der Waals surface area contributed by atoms with E-state index >= 15 is 0 Å². The second-order valence-electron chi connectivity index (χ2n) is 16.0. The molecule has 0 radical (unpaired) electrons. The number of hydrogen-bond donors (Lipinski definition) is 0. The Morgan fingerprint density at radius 3 is 1.25 bits per heavy atom. The molecule has 0 fully saturated rings. The average Bonchev–Trinajstić information content (AvgIpc) is 3.23. The van der Waals surface area contributed by atoms with Crippen molar-refractivity contribution in [1.29, 1.82) is 0 Å². The lowest BCUT2D eigenvalue weighted by Crippen LogP contribution is -2.30. The molecule has 1 unspecified atom stereocenters. The van der Waals surface area contributed by atoms with Crippen molar-refractivity contribution in [2.75, 3.05) is 13.2 Å². The number of hydrogen-bond acceptors (Lipinski definition) is 6. The third kappa shape index (κ3) is 45.8. The summed E-state index contributed by atoms with van der Waals surface area (Å²) in [7, 11) is 0. The molecule has 6 heteroatoms. The second-order valence-corrected chi connectivity index (χ2v) is 16.0. The maximum Gasteiger partial charge on any atom is 0.306 e. The van der Waals surface area contributed by atoms with E-state index in [1.54, 1.807) is 0 Å². The Balaban J connectivity index is 4.37. The van der Waals surface area contributed by atoms with Crippen LogP contribution in [0.25, 0.3) is 0 Å². The molecule has 0 aromatic rings. The summed E-state index contributed by atoms with van der Waals surface area (Å²) in [5, 5.41) is 0.